The molecule has 0 radical (unpaired) electrons. The second-order valence-corrected chi connectivity index (χ2v) is 5.52. The Morgan fingerprint density at radius 1 is 1.42 bits per heavy atom. The second-order valence-electron chi connectivity index (χ2n) is 4.32. The number of rotatable bonds is 6. The van der Waals surface area contributed by atoms with Gasteiger partial charge in [-0.1, -0.05) is 41.4 Å². The Balaban J connectivity index is 3.08. The van der Waals surface area contributed by atoms with Crippen LogP contribution in [0.3, 0.4) is 0 Å². The molecule has 0 aliphatic carbocycles. The molecule has 3 nitrogen and oxygen atoms in total. The molecule has 106 valence electrons. The molecule has 0 aliphatic heterocycles. The summed E-state index contributed by atoms with van der Waals surface area (Å²) in [6, 6.07) is 4.63. The monoisotopic (exact) mass is 347 g/mol. The van der Waals surface area contributed by atoms with Gasteiger partial charge in [-0.15, -0.1) is 0 Å². The van der Waals surface area contributed by atoms with Gasteiger partial charge in [-0.3, -0.25) is 4.79 Å². The molecule has 1 aromatic rings. The molecule has 19 heavy (non-hydrogen) atoms. The van der Waals surface area contributed by atoms with Gasteiger partial charge in [-0.25, -0.2) is 0 Å². The van der Waals surface area contributed by atoms with Crippen molar-refractivity contribution in [2.24, 2.45) is 0 Å². The summed E-state index contributed by atoms with van der Waals surface area (Å²) in [5, 5.41) is 10.6. The number of phenols is 1. The Kier molecular flexibility index (Phi) is 6.66. The van der Waals surface area contributed by atoms with E-state index in [1.54, 1.807) is 6.07 Å². The van der Waals surface area contributed by atoms with E-state index in [0.717, 1.165) is 12.8 Å². The van der Waals surface area contributed by atoms with E-state index in [-0.39, 0.29) is 17.7 Å². The highest BCUT2D eigenvalue weighted by molar-refractivity contribution is 9.09. The highest BCUT2D eigenvalue weighted by Crippen LogP contribution is 2.24. The Morgan fingerprint density at radius 2 is 2.05 bits per heavy atom. The SMILES string of the molecule is CCC(CC)N(CCBr)C(=O)c1cc(O)ccc1Cl. The van der Waals surface area contributed by atoms with Crippen LogP contribution in [0.1, 0.15) is 37.0 Å². The third-order valence-electron chi connectivity index (χ3n) is 3.15. The molecule has 1 aromatic carbocycles. The van der Waals surface area contributed by atoms with Gasteiger partial charge in [0.2, 0.25) is 0 Å². The van der Waals surface area contributed by atoms with Gasteiger partial charge in [-0.05, 0) is 31.0 Å². The van der Waals surface area contributed by atoms with Crippen LogP contribution < -0.4 is 0 Å². The second kappa shape index (κ2) is 7.75. The van der Waals surface area contributed by atoms with Crippen LogP contribution in [0.15, 0.2) is 18.2 Å². The Morgan fingerprint density at radius 3 is 2.58 bits per heavy atom. The molecule has 1 rings (SSSR count). The Hall–Kier alpha value is -0.740. The standard InChI is InChI=1S/C14H19BrClNO2/c1-3-10(4-2)17(8-7-15)14(19)12-9-11(18)5-6-13(12)16/h5-6,9-10,18H,3-4,7-8H2,1-2H3. The normalized spacial score (nSPS) is 10.8. The fourth-order valence-electron chi connectivity index (χ4n) is 2.10. The summed E-state index contributed by atoms with van der Waals surface area (Å²) < 4.78 is 0. The fraction of sp³-hybridized carbons (Fsp3) is 0.500. The number of nitrogens with zero attached hydrogens (tertiary/aromatic N) is 1. The number of carbonyl (C=O) groups is 1. The number of aromatic hydroxyl groups is 1. The van der Waals surface area contributed by atoms with Crippen molar-refractivity contribution in [1.29, 1.82) is 0 Å². The molecular formula is C14H19BrClNO2. The van der Waals surface area contributed by atoms with Crippen molar-refractivity contribution in [3.63, 3.8) is 0 Å². The smallest absolute Gasteiger partial charge is 0.255 e. The number of carbonyl (C=O) groups excluding carboxylic acids is 1. The highest BCUT2D eigenvalue weighted by atomic mass is 79.9. The van der Waals surface area contributed by atoms with Crippen molar-refractivity contribution in [2.45, 2.75) is 32.7 Å². The van der Waals surface area contributed by atoms with Crippen molar-refractivity contribution >= 4 is 33.4 Å². The Bertz CT molecular complexity index is 435. The summed E-state index contributed by atoms with van der Waals surface area (Å²) in [5.41, 5.74) is 0.356. The summed E-state index contributed by atoms with van der Waals surface area (Å²) in [7, 11) is 0. The van der Waals surface area contributed by atoms with Crippen LogP contribution in [0.25, 0.3) is 0 Å². The van der Waals surface area contributed by atoms with Gasteiger partial charge < -0.3 is 10.0 Å². The molecule has 0 heterocycles. The van der Waals surface area contributed by atoms with Crippen LogP contribution in [0.4, 0.5) is 0 Å². The number of alkyl halides is 1. The number of hydrogen-bond donors (Lipinski definition) is 1. The van der Waals surface area contributed by atoms with Gasteiger partial charge in [0.15, 0.2) is 0 Å². The van der Waals surface area contributed by atoms with Gasteiger partial charge in [0.1, 0.15) is 5.75 Å². The first kappa shape index (κ1) is 16.3. The molecule has 0 aromatic heterocycles. The van der Waals surface area contributed by atoms with Crippen LogP contribution in [-0.4, -0.2) is 33.8 Å². The van der Waals surface area contributed by atoms with E-state index in [1.165, 1.54) is 12.1 Å². The first-order chi connectivity index (χ1) is 9.04. The number of hydrogen-bond acceptors (Lipinski definition) is 2. The molecule has 0 atom stereocenters. The number of phenolic OH excluding ortho intramolecular Hbond substituents is 1. The van der Waals surface area contributed by atoms with Gasteiger partial charge in [-0.2, -0.15) is 0 Å². The first-order valence-corrected chi connectivity index (χ1v) is 7.90. The molecule has 0 aliphatic rings. The minimum absolute atomic E-state index is 0.0519. The van der Waals surface area contributed by atoms with Gasteiger partial charge in [0, 0.05) is 17.9 Å². The van der Waals surface area contributed by atoms with Gasteiger partial charge in [0.25, 0.3) is 5.91 Å². The molecule has 5 heteroatoms. The fourth-order valence-corrected chi connectivity index (χ4v) is 2.68. The van der Waals surface area contributed by atoms with E-state index in [1.807, 2.05) is 4.90 Å². The number of benzene rings is 1. The zero-order chi connectivity index (χ0) is 14.4. The predicted molar refractivity (Wildman–Crippen MR) is 82.3 cm³/mol. The molecule has 0 spiro atoms. The van der Waals surface area contributed by atoms with Gasteiger partial charge >= 0.3 is 0 Å². The minimum atomic E-state index is -0.131. The van der Waals surface area contributed by atoms with Crippen LogP contribution in [0, 0.1) is 0 Å². The molecule has 1 N–H and O–H groups in total. The van der Waals surface area contributed by atoms with E-state index < -0.39 is 0 Å². The molecular weight excluding hydrogens is 330 g/mol. The average molecular weight is 349 g/mol. The number of amides is 1. The van der Waals surface area contributed by atoms with E-state index in [9.17, 15) is 9.90 Å². The maximum absolute atomic E-state index is 12.6. The van der Waals surface area contributed by atoms with Crippen molar-refractivity contribution in [1.82, 2.24) is 4.90 Å². The van der Waals surface area contributed by atoms with Crippen LogP contribution >= 0.6 is 27.5 Å². The van der Waals surface area contributed by atoms with Crippen molar-refractivity contribution in [3.05, 3.63) is 28.8 Å². The molecule has 0 fully saturated rings. The zero-order valence-corrected chi connectivity index (χ0v) is 13.5. The topological polar surface area (TPSA) is 40.5 Å². The Labute approximate surface area is 127 Å². The quantitative estimate of drug-likeness (QED) is 0.787. The molecule has 0 bridgehead atoms. The zero-order valence-electron chi connectivity index (χ0n) is 11.2. The number of halogens is 2. The average Bonchev–Trinajstić information content (AvgIpc) is 2.41. The lowest BCUT2D eigenvalue weighted by molar-refractivity contribution is 0.0682. The molecule has 0 saturated carbocycles. The molecule has 0 unspecified atom stereocenters. The lowest BCUT2D eigenvalue weighted by Crippen LogP contribution is -2.41. The summed E-state index contributed by atoms with van der Waals surface area (Å²) >= 11 is 9.43. The maximum atomic E-state index is 12.6. The van der Waals surface area contributed by atoms with Crippen molar-refractivity contribution in [3.8, 4) is 5.75 Å². The van der Waals surface area contributed by atoms with E-state index in [0.29, 0.717) is 22.5 Å². The third kappa shape index (κ3) is 4.11. The first-order valence-electron chi connectivity index (χ1n) is 6.40. The highest BCUT2D eigenvalue weighted by Gasteiger charge is 2.23. The van der Waals surface area contributed by atoms with E-state index >= 15 is 0 Å². The van der Waals surface area contributed by atoms with Crippen molar-refractivity contribution in [2.75, 3.05) is 11.9 Å². The van der Waals surface area contributed by atoms with Crippen molar-refractivity contribution < 1.29 is 9.90 Å². The lowest BCUT2D eigenvalue weighted by atomic mass is 10.1. The van der Waals surface area contributed by atoms with Crippen LogP contribution in [-0.2, 0) is 0 Å². The summed E-state index contributed by atoms with van der Waals surface area (Å²) in [4.78, 5) is 14.4. The maximum Gasteiger partial charge on any atom is 0.255 e. The summed E-state index contributed by atoms with van der Waals surface area (Å²) in [6.45, 7) is 4.75. The summed E-state index contributed by atoms with van der Waals surface area (Å²) in [6.07, 6.45) is 1.79. The largest absolute Gasteiger partial charge is 0.508 e. The molecule has 1 amide bonds. The summed E-state index contributed by atoms with van der Waals surface area (Å²) in [5.74, 6) is -0.0786. The molecule has 0 saturated heterocycles. The van der Waals surface area contributed by atoms with Gasteiger partial charge in [0.05, 0.1) is 10.6 Å². The van der Waals surface area contributed by atoms with E-state index in [4.69, 9.17) is 11.6 Å². The van der Waals surface area contributed by atoms with Crippen LogP contribution in [0.2, 0.25) is 5.02 Å². The lowest BCUT2D eigenvalue weighted by Gasteiger charge is -2.30. The third-order valence-corrected chi connectivity index (χ3v) is 3.83. The van der Waals surface area contributed by atoms with Crippen LogP contribution in [0.5, 0.6) is 5.75 Å². The van der Waals surface area contributed by atoms with E-state index in [2.05, 4.69) is 29.8 Å². The minimum Gasteiger partial charge on any atom is -0.508 e. The predicted octanol–water partition coefficient (Wildman–Crippen LogP) is 4.07.